The van der Waals surface area contributed by atoms with Crippen LogP contribution in [0.2, 0.25) is 0 Å². The number of amides is 1. The Morgan fingerprint density at radius 1 is 1.32 bits per heavy atom. The van der Waals surface area contributed by atoms with Gasteiger partial charge in [-0.3, -0.25) is 4.79 Å². The molecule has 25 heavy (non-hydrogen) atoms. The minimum Gasteiger partial charge on any atom is -0.478 e. The second-order valence-corrected chi connectivity index (χ2v) is 6.62. The van der Waals surface area contributed by atoms with Gasteiger partial charge >= 0.3 is 0 Å². The van der Waals surface area contributed by atoms with E-state index in [0.717, 1.165) is 44.7 Å². The van der Waals surface area contributed by atoms with E-state index in [1.807, 2.05) is 24.8 Å². The molecule has 0 radical (unpaired) electrons. The standard InChI is InChI=1S/C18H28N4O3/c1-3-24-16-13-14(2)19-18(20-16)22-10-8-21(9-11-22)17(23)7-6-15-5-4-12-25-15/h13,15H,3-12H2,1-2H3/t15-/m1/s1. The zero-order valence-corrected chi connectivity index (χ0v) is 15.2. The Hall–Kier alpha value is -1.89. The number of anilines is 1. The minimum absolute atomic E-state index is 0.232. The molecule has 0 saturated carbocycles. The lowest BCUT2D eigenvalue weighted by Crippen LogP contribution is -2.49. The number of carbonyl (C=O) groups excluding carboxylic acids is 1. The second-order valence-electron chi connectivity index (χ2n) is 6.62. The average molecular weight is 348 g/mol. The predicted octanol–water partition coefficient (Wildman–Crippen LogP) is 1.79. The molecule has 7 heteroatoms. The summed E-state index contributed by atoms with van der Waals surface area (Å²) >= 11 is 0. The molecule has 7 nitrogen and oxygen atoms in total. The van der Waals surface area contributed by atoms with E-state index >= 15 is 0 Å². The van der Waals surface area contributed by atoms with Crippen molar-refractivity contribution in [2.45, 2.75) is 45.6 Å². The maximum Gasteiger partial charge on any atom is 0.228 e. The SMILES string of the molecule is CCOc1cc(C)nc(N2CCN(C(=O)CC[C@H]3CCCO3)CC2)n1. The Morgan fingerprint density at radius 3 is 2.80 bits per heavy atom. The Bertz CT molecular complexity index is 582. The van der Waals surface area contributed by atoms with E-state index in [9.17, 15) is 4.79 Å². The van der Waals surface area contributed by atoms with Crippen molar-refractivity contribution in [3.8, 4) is 5.88 Å². The van der Waals surface area contributed by atoms with Crippen molar-refractivity contribution < 1.29 is 14.3 Å². The van der Waals surface area contributed by atoms with E-state index in [1.54, 1.807) is 0 Å². The molecule has 1 aromatic rings. The van der Waals surface area contributed by atoms with Gasteiger partial charge in [-0.25, -0.2) is 4.98 Å². The lowest BCUT2D eigenvalue weighted by atomic mass is 10.1. The van der Waals surface area contributed by atoms with Gasteiger partial charge in [-0.05, 0) is 33.1 Å². The van der Waals surface area contributed by atoms with Gasteiger partial charge in [0, 0.05) is 51.0 Å². The van der Waals surface area contributed by atoms with Crippen LogP contribution in [0.5, 0.6) is 5.88 Å². The summed E-state index contributed by atoms with van der Waals surface area (Å²) < 4.78 is 11.1. The van der Waals surface area contributed by atoms with Gasteiger partial charge in [0.1, 0.15) is 0 Å². The molecule has 1 amide bonds. The number of ether oxygens (including phenoxy) is 2. The summed E-state index contributed by atoms with van der Waals surface area (Å²) in [6, 6.07) is 1.85. The minimum atomic E-state index is 0.232. The first-order valence-electron chi connectivity index (χ1n) is 9.28. The van der Waals surface area contributed by atoms with Crippen molar-refractivity contribution >= 4 is 11.9 Å². The lowest BCUT2D eigenvalue weighted by Gasteiger charge is -2.35. The molecule has 2 saturated heterocycles. The zero-order chi connectivity index (χ0) is 17.6. The number of nitrogens with zero attached hydrogens (tertiary/aromatic N) is 4. The van der Waals surface area contributed by atoms with Crippen LogP contribution in [-0.2, 0) is 9.53 Å². The Kier molecular flexibility index (Phi) is 6.07. The predicted molar refractivity (Wildman–Crippen MR) is 94.9 cm³/mol. The Labute approximate surface area is 149 Å². The van der Waals surface area contributed by atoms with Gasteiger partial charge in [-0.2, -0.15) is 4.98 Å². The molecule has 2 aliphatic rings. The number of hydrogen-bond donors (Lipinski definition) is 0. The van der Waals surface area contributed by atoms with Crippen LogP contribution in [0.4, 0.5) is 5.95 Å². The van der Waals surface area contributed by atoms with Gasteiger partial charge < -0.3 is 19.3 Å². The molecule has 0 spiro atoms. The summed E-state index contributed by atoms with van der Waals surface area (Å²) in [6.07, 6.45) is 3.92. The zero-order valence-electron chi connectivity index (χ0n) is 15.2. The van der Waals surface area contributed by atoms with Gasteiger partial charge in [-0.15, -0.1) is 0 Å². The van der Waals surface area contributed by atoms with Crippen molar-refractivity contribution in [1.29, 1.82) is 0 Å². The molecular formula is C18H28N4O3. The van der Waals surface area contributed by atoms with E-state index in [0.29, 0.717) is 37.9 Å². The number of aromatic nitrogens is 2. The summed E-state index contributed by atoms with van der Waals surface area (Å²) in [7, 11) is 0. The third-order valence-corrected chi connectivity index (χ3v) is 4.73. The highest BCUT2D eigenvalue weighted by Crippen LogP contribution is 2.19. The quantitative estimate of drug-likeness (QED) is 0.781. The maximum atomic E-state index is 12.4. The van der Waals surface area contributed by atoms with Crippen molar-refractivity contribution in [1.82, 2.24) is 14.9 Å². The van der Waals surface area contributed by atoms with Crippen molar-refractivity contribution in [2.75, 3.05) is 44.3 Å². The van der Waals surface area contributed by atoms with E-state index < -0.39 is 0 Å². The van der Waals surface area contributed by atoms with Crippen LogP contribution in [0.15, 0.2) is 6.07 Å². The monoisotopic (exact) mass is 348 g/mol. The molecule has 3 heterocycles. The van der Waals surface area contributed by atoms with E-state index in [2.05, 4.69) is 14.9 Å². The summed E-state index contributed by atoms with van der Waals surface area (Å²) in [5.41, 5.74) is 0.892. The number of rotatable bonds is 6. The van der Waals surface area contributed by atoms with Crippen LogP contribution in [0.25, 0.3) is 0 Å². The molecule has 0 aromatic carbocycles. The van der Waals surface area contributed by atoms with Crippen LogP contribution >= 0.6 is 0 Å². The number of carbonyl (C=O) groups is 1. The lowest BCUT2D eigenvalue weighted by molar-refractivity contribution is -0.132. The van der Waals surface area contributed by atoms with Crippen molar-refractivity contribution in [2.24, 2.45) is 0 Å². The highest BCUT2D eigenvalue weighted by atomic mass is 16.5. The van der Waals surface area contributed by atoms with E-state index in [1.165, 1.54) is 0 Å². The number of piperazine rings is 1. The first-order chi connectivity index (χ1) is 12.2. The van der Waals surface area contributed by atoms with Crippen LogP contribution in [0.1, 0.15) is 38.3 Å². The van der Waals surface area contributed by atoms with Gasteiger partial charge in [-0.1, -0.05) is 0 Å². The molecule has 1 aromatic heterocycles. The molecule has 2 aliphatic heterocycles. The normalized spacial score (nSPS) is 20.8. The molecular weight excluding hydrogens is 320 g/mol. The Morgan fingerprint density at radius 2 is 2.12 bits per heavy atom. The Balaban J connectivity index is 1.50. The highest BCUT2D eigenvalue weighted by Gasteiger charge is 2.24. The molecule has 0 aliphatic carbocycles. The molecule has 0 bridgehead atoms. The molecule has 138 valence electrons. The summed E-state index contributed by atoms with van der Waals surface area (Å²) in [5.74, 6) is 1.53. The molecule has 3 rings (SSSR count). The first-order valence-corrected chi connectivity index (χ1v) is 9.28. The summed E-state index contributed by atoms with van der Waals surface area (Å²) in [5, 5.41) is 0. The third kappa shape index (κ3) is 4.81. The smallest absolute Gasteiger partial charge is 0.228 e. The molecule has 0 N–H and O–H groups in total. The molecule has 1 atom stereocenters. The number of aryl methyl sites for hydroxylation is 1. The van der Waals surface area contributed by atoms with Crippen molar-refractivity contribution in [3.63, 3.8) is 0 Å². The van der Waals surface area contributed by atoms with Crippen LogP contribution in [0.3, 0.4) is 0 Å². The maximum absolute atomic E-state index is 12.4. The average Bonchev–Trinajstić information content (AvgIpc) is 3.13. The van der Waals surface area contributed by atoms with Gasteiger partial charge in [0.15, 0.2) is 0 Å². The van der Waals surface area contributed by atoms with Crippen LogP contribution in [-0.4, -0.2) is 66.3 Å². The largest absolute Gasteiger partial charge is 0.478 e. The van der Waals surface area contributed by atoms with E-state index in [-0.39, 0.29) is 12.0 Å². The fourth-order valence-corrected chi connectivity index (χ4v) is 3.36. The highest BCUT2D eigenvalue weighted by molar-refractivity contribution is 5.76. The second kappa shape index (κ2) is 8.47. The number of hydrogen-bond acceptors (Lipinski definition) is 6. The van der Waals surface area contributed by atoms with Crippen LogP contribution < -0.4 is 9.64 Å². The summed E-state index contributed by atoms with van der Waals surface area (Å²) in [6.45, 7) is 8.25. The summed E-state index contributed by atoms with van der Waals surface area (Å²) in [4.78, 5) is 25.5. The molecule has 0 unspecified atom stereocenters. The van der Waals surface area contributed by atoms with E-state index in [4.69, 9.17) is 9.47 Å². The third-order valence-electron chi connectivity index (χ3n) is 4.73. The topological polar surface area (TPSA) is 67.8 Å². The van der Waals surface area contributed by atoms with Gasteiger partial charge in [0.25, 0.3) is 0 Å². The van der Waals surface area contributed by atoms with Gasteiger partial charge in [0.2, 0.25) is 17.7 Å². The fourth-order valence-electron chi connectivity index (χ4n) is 3.36. The van der Waals surface area contributed by atoms with Crippen LogP contribution in [0, 0.1) is 6.92 Å². The van der Waals surface area contributed by atoms with Gasteiger partial charge in [0.05, 0.1) is 12.7 Å². The first kappa shape index (κ1) is 17.9. The van der Waals surface area contributed by atoms with Crippen molar-refractivity contribution in [3.05, 3.63) is 11.8 Å². The molecule has 2 fully saturated rings. The fraction of sp³-hybridized carbons (Fsp3) is 0.722.